The van der Waals surface area contributed by atoms with E-state index in [4.69, 9.17) is 14.2 Å². The maximum atomic E-state index is 12.2. The monoisotopic (exact) mass is 289 g/mol. The summed E-state index contributed by atoms with van der Waals surface area (Å²) in [4.78, 5) is 20.1. The molecule has 110 valence electrons. The van der Waals surface area contributed by atoms with Crippen LogP contribution in [-0.2, 0) is 0 Å². The molecule has 1 amide bonds. The van der Waals surface area contributed by atoms with E-state index >= 15 is 0 Å². The van der Waals surface area contributed by atoms with Crippen molar-refractivity contribution in [1.82, 2.24) is 9.97 Å². The molecule has 0 aliphatic carbocycles. The van der Waals surface area contributed by atoms with Gasteiger partial charge in [0, 0.05) is 18.0 Å². The van der Waals surface area contributed by atoms with Gasteiger partial charge in [-0.2, -0.15) is 0 Å². The Bertz CT molecular complexity index is 606. The van der Waals surface area contributed by atoms with Crippen molar-refractivity contribution in [3.63, 3.8) is 0 Å². The Morgan fingerprint density at radius 2 is 1.57 bits per heavy atom. The summed E-state index contributed by atoms with van der Waals surface area (Å²) < 4.78 is 15.6. The maximum Gasteiger partial charge on any atom is 0.258 e. The van der Waals surface area contributed by atoms with Gasteiger partial charge in [0.15, 0.2) is 11.5 Å². The number of ether oxygens (including phenoxy) is 3. The molecule has 1 N–H and O–H groups in total. The SMILES string of the molecule is COc1cc(C(=O)Nc2ncccn2)cc(OC)c1OC. The lowest BCUT2D eigenvalue weighted by atomic mass is 10.1. The second-order valence-corrected chi connectivity index (χ2v) is 3.94. The molecule has 0 radical (unpaired) electrons. The first-order valence-electron chi connectivity index (χ1n) is 6.08. The average Bonchev–Trinajstić information content (AvgIpc) is 2.54. The second kappa shape index (κ2) is 6.56. The van der Waals surface area contributed by atoms with Gasteiger partial charge in [-0.05, 0) is 18.2 Å². The summed E-state index contributed by atoms with van der Waals surface area (Å²) >= 11 is 0. The van der Waals surface area contributed by atoms with Gasteiger partial charge in [0.2, 0.25) is 11.7 Å². The van der Waals surface area contributed by atoms with Crippen LogP contribution in [0, 0.1) is 0 Å². The number of rotatable bonds is 5. The molecule has 7 heteroatoms. The molecule has 0 fully saturated rings. The molecular formula is C14H15N3O4. The third-order valence-electron chi connectivity index (χ3n) is 2.72. The van der Waals surface area contributed by atoms with Crippen molar-refractivity contribution in [3.05, 3.63) is 36.2 Å². The van der Waals surface area contributed by atoms with Gasteiger partial charge < -0.3 is 14.2 Å². The van der Waals surface area contributed by atoms with Gasteiger partial charge >= 0.3 is 0 Å². The lowest BCUT2D eigenvalue weighted by Crippen LogP contribution is -2.14. The van der Waals surface area contributed by atoms with Crippen molar-refractivity contribution in [2.75, 3.05) is 26.6 Å². The number of aromatic nitrogens is 2. The van der Waals surface area contributed by atoms with Crippen molar-refractivity contribution in [3.8, 4) is 17.2 Å². The number of hydrogen-bond donors (Lipinski definition) is 1. The quantitative estimate of drug-likeness (QED) is 0.903. The van der Waals surface area contributed by atoms with Crippen LogP contribution in [0.4, 0.5) is 5.95 Å². The molecule has 21 heavy (non-hydrogen) atoms. The second-order valence-electron chi connectivity index (χ2n) is 3.94. The minimum atomic E-state index is -0.375. The largest absolute Gasteiger partial charge is 0.493 e. The molecule has 1 aromatic carbocycles. The zero-order chi connectivity index (χ0) is 15.2. The highest BCUT2D eigenvalue weighted by molar-refractivity contribution is 6.04. The molecule has 0 unspecified atom stereocenters. The number of carbonyl (C=O) groups is 1. The van der Waals surface area contributed by atoms with Crippen molar-refractivity contribution in [2.24, 2.45) is 0 Å². The Hall–Kier alpha value is -2.83. The molecule has 0 saturated carbocycles. The number of anilines is 1. The summed E-state index contributed by atoms with van der Waals surface area (Å²) in [5, 5.41) is 2.59. The van der Waals surface area contributed by atoms with Crippen molar-refractivity contribution < 1.29 is 19.0 Å². The van der Waals surface area contributed by atoms with Crippen LogP contribution in [0.1, 0.15) is 10.4 Å². The molecular weight excluding hydrogens is 274 g/mol. The summed E-state index contributed by atoms with van der Waals surface area (Å²) in [6.45, 7) is 0. The van der Waals surface area contributed by atoms with Crippen LogP contribution < -0.4 is 19.5 Å². The third kappa shape index (κ3) is 3.19. The first kappa shape index (κ1) is 14.6. The van der Waals surface area contributed by atoms with E-state index in [1.165, 1.54) is 33.7 Å². The Kier molecular flexibility index (Phi) is 4.55. The highest BCUT2D eigenvalue weighted by Gasteiger charge is 2.17. The number of carbonyl (C=O) groups excluding carboxylic acids is 1. The number of nitrogens with zero attached hydrogens (tertiary/aromatic N) is 2. The number of methoxy groups -OCH3 is 3. The Morgan fingerprint density at radius 3 is 2.05 bits per heavy atom. The topological polar surface area (TPSA) is 82.6 Å². The lowest BCUT2D eigenvalue weighted by molar-refractivity contribution is 0.102. The smallest absolute Gasteiger partial charge is 0.258 e. The van der Waals surface area contributed by atoms with E-state index in [0.717, 1.165) is 0 Å². The third-order valence-corrected chi connectivity index (χ3v) is 2.72. The average molecular weight is 289 g/mol. The molecule has 2 rings (SSSR count). The molecule has 0 saturated heterocycles. The van der Waals surface area contributed by atoms with Gasteiger partial charge in [-0.15, -0.1) is 0 Å². The summed E-state index contributed by atoms with van der Waals surface area (Å²) in [6, 6.07) is 4.77. The van der Waals surface area contributed by atoms with Crippen LogP contribution in [0.3, 0.4) is 0 Å². The summed E-state index contributed by atoms with van der Waals surface area (Å²) in [5.74, 6) is 1.07. The van der Waals surface area contributed by atoms with Crippen LogP contribution >= 0.6 is 0 Å². The van der Waals surface area contributed by atoms with Gasteiger partial charge in [-0.3, -0.25) is 10.1 Å². The standard InChI is InChI=1S/C14H15N3O4/c1-19-10-7-9(8-11(20-2)12(10)21-3)13(18)17-14-15-5-4-6-16-14/h4-8H,1-3H3,(H,15,16,17,18). The first-order valence-corrected chi connectivity index (χ1v) is 6.08. The van der Waals surface area contributed by atoms with Gasteiger partial charge in [-0.25, -0.2) is 9.97 Å². The van der Waals surface area contributed by atoms with E-state index < -0.39 is 0 Å². The fraction of sp³-hybridized carbons (Fsp3) is 0.214. The molecule has 0 aliphatic heterocycles. The number of hydrogen-bond acceptors (Lipinski definition) is 6. The molecule has 0 bridgehead atoms. The minimum Gasteiger partial charge on any atom is -0.493 e. The minimum absolute atomic E-state index is 0.219. The van der Waals surface area contributed by atoms with Gasteiger partial charge in [0.05, 0.1) is 21.3 Å². The van der Waals surface area contributed by atoms with Crippen LogP contribution in [0.25, 0.3) is 0 Å². The summed E-state index contributed by atoms with van der Waals surface area (Å²) in [7, 11) is 4.47. The van der Waals surface area contributed by atoms with Crippen LogP contribution in [0.2, 0.25) is 0 Å². The Labute approximate surface area is 121 Å². The van der Waals surface area contributed by atoms with Crippen molar-refractivity contribution in [2.45, 2.75) is 0 Å². The number of nitrogens with one attached hydrogen (secondary N) is 1. The summed E-state index contributed by atoms with van der Waals surface area (Å²) in [5.41, 5.74) is 0.344. The molecule has 1 aromatic heterocycles. The molecule has 1 heterocycles. The first-order chi connectivity index (χ1) is 10.2. The highest BCUT2D eigenvalue weighted by Crippen LogP contribution is 2.38. The van der Waals surface area contributed by atoms with Gasteiger partial charge in [-0.1, -0.05) is 0 Å². The van der Waals surface area contributed by atoms with E-state index in [1.807, 2.05) is 0 Å². The van der Waals surface area contributed by atoms with Gasteiger partial charge in [0.25, 0.3) is 5.91 Å². The number of benzene rings is 1. The van der Waals surface area contributed by atoms with Crippen molar-refractivity contribution in [1.29, 1.82) is 0 Å². The zero-order valence-electron chi connectivity index (χ0n) is 11.9. The highest BCUT2D eigenvalue weighted by atomic mass is 16.5. The van der Waals surface area contributed by atoms with Crippen LogP contribution in [-0.4, -0.2) is 37.2 Å². The van der Waals surface area contributed by atoms with Crippen LogP contribution in [0.15, 0.2) is 30.6 Å². The Morgan fingerprint density at radius 1 is 1.00 bits per heavy atom. The zero-order valence-corrected chi connectivity index (χ0v) is 11.9. The maximum absolute atomic E-state index is 12.2. The predicted molar refractivity (Wildman–Crippen MR) is 76.1 cm³/mol. The molecule has 7 nitrogen and oxygen atoms in total. The Balaban J connectivity index is 2.33. The molecule has 0 spiro atoms. The fourth-order valence-electron chi connectivity index (χ4n) is 1.75. The summed E-state index contributed by atoms with van der Waals surface area (Å²) in [6.07, 6.45) is 3.08. The predicted octanol–water partition coefficient (Wildman–Crippen LogP) is 1.75. The van der Waals surface area contributed by atoms with E-state index in [0.29, 0.717) is 22.8 Å². The molecule has 2 aromatic rings. The van der Waals surface area contributed by atoms with E-state index in [9.17, 15) is 4.79 Å². The normalized spacial score (nSPS) is 9.86. The fourth-order valence-corrected chi connectivity index (χ4v) is 1.75. The van der Waals surface area contributed by atoms with Gasteiger partial charge in [0.1, 0.15) is 0 Å². The van der Waals surface area contributed by atoms with E-state index in [-0.39, 0.29) is 11.9 Å². The van der Waals surface area contributed by atoms with Crippen LogP contribution in [0.5, 0.6) is 17.2 Å². The van der Waals surface area contributed by atoms with E-state index in [1.54, 1.807) is 18.2 Å². The molecule has 0 atom stereocenters. The van der Waals surface area contributed by atoms with Crippen molar-refractivity contribution >= 4 is 11.9 Å². The number of amides is 1. The van der Waals surface area contributed by atoms with E-state index in [2.05, 4.69) is 15.3 Å². The molecule has 0 aliphatic rings. The lowest BCUT2D eigenvalue weighted by Gasteiger charge is -2.13.